The molecule has 0 aliphatic rings. The fourth-order valence-corrected chi connectivity index (χ4v) is 3.99. The molecule has 0 saturated carbocycles. The van der Waals surface area contributed by atoms with Crippen LogP contribution in [0.4, 0.5) is 8.78 Å². The molecule has 16 heavy (non-hydrogen) atoms. The van der Waals surface area contributed by atoms with Crippen LogP contribution in [0.1, 0.15) is 13.8 Å². The third kappa shape index (κ3) is 2.87. The van der Waals surface area contributed by atoms with E-state index < -0.39 is 20.2 Å². The van der Waals surface area contributed by atoms with E-state index in [1.54, 1.807) is 6.55 Å². The lowest BCUT2D eigenvalue weighted by Crippen LogP contribution is -2.52. The Morgan fingerprint density at radius 2 is 1.69 bits per heavy atom. The summed E-state index contributed by atoms with van der Waals surface area (Å²) in [4.78, 5) is 0. The Kier molecular flexibility index (Phi) is 4.58. The highest BCUT2D eigenvalue weighted by Gasteiger charge is 2.36. The fourth-order valence-electron chi connectivity index (χ4n) is 1.61. The maximum Gasteiger partial charge on any atom is 0.372 e. The molecule has 0 fully saturated rings. The van der Waals surface area contributed by atoms with Crippen molar-refractivity contribution in [3.05, 3.63) is 29.8 Å². The van der Waals surface area contributed by atoms with Crippen molar-refractivity contribution in [2.24, 2.45) is 0 Å². The number of rotatable bonds is 5. The summed E-state index contributed by atoms with van der Waals surface area (Å²) < 4.78 is 37.5. The van der Waals surface area contributed by atoms with E-state index in [9.17, 15) is 8.78 Å². The van der Waals surface area contributed by atoms with Gasteiger partial charge in [0, 0.05) is 24.5 Å². The molecule has 0 bridgehead atoms. The average Bonchev–Trinajstić information content (AvgIpc) is 2.17. The first-order chi connectivity index (χ1) is 7.53. The highest BCUT2D eigenvalue weighted by atomic mass is 28.4. The molecule has 1 aromatic carbocycles. The van der Waals surface area contributed by atoms with Crippen LogP contribution in [0.15, 0.2) is 18.2 Å². The summed E-state index contributed by atoms with van der Waals surface area (Å²) in [5.41, 5.74) is 0. The molecule has 0 saturated heterocycles. The zero-order valence-electron chi connectivity index (χ0n) is 9.72. The SMILES string of the molecule is CCO[Si](C)(OCC)c1ccc(F)cc1F. The Labute approximate surface area is 95.4 Å². The van der Waals surface area contributed by atoms with Gasteiger partial charge < -0.3 is 8.85 Å². The molecule has 0 unspecified atom stereocenters. The van der Waals surface area contributed by atoms with Gasteiger partial charge in [0.05, 0.1) is 0 Å². The normalized spacial score (nSPS) is 11.8. The minimum atomic E-state index is -2.73. The van der Waals surface area contributed by atoms with Gasteiger partial charge >= 0.3 is 8.56 Å². The summed E-state index contributed by atoms with van der Waals surface area (Å²) in [5, 5.41) is 0.345. The van der Waals surface area contributed by atoms with Crippen molar-refractivity contribution in [2.45, 2.75) is 20.4 Å². The van der Waals surface area contributed by atoms with Crippen molar-refractivity contribution in [2.75, 3.05) is 13.2 Å². The van der Waals surface area contributed by atoms with Crippen LogP contribution in [-0.2, 0) is 8.85 Å². The molecule has 0 radical (unpaired) electrons. The van der Waals surface area contributed by atoms with Crippen LogP contribution in [0.25, 0.3) is 0 Å². The number of benzene rings is 1. The van der Waals surface area contributed by atoms with Gasteiger partial charge in [0.1, 0.15) is 11.6 Å². The van der Waals surface area contributed by atoms with Crippen molar-refractivity contribution in [1.29, 1.82) is 0 Å². The summed E-state index contributed by atoms with van der Waals surface area (Å²) >= 11 is 0. The molecule has 0 heterocycles. The molecule has 0 atom stereocenters. The maximum atomic E-state index is 13.6. The molecule has 0 amide bonds. The molecule has 0 aromatic heterocycles. The molecular formula is C11H16F2O2Si. The van der Waals surface area contributed by atoms with Crippen molar-refractivity contribution in [1.82, 2.24) is 0 Å². The minimum absolute atomic E-state index is 0.345. The molecule has 5 heteroatoms. The maximum absolute atomic E-state index is 13.6. The number of halogens is 2. The number of hydrogen-bond acceptors (Lipinski definition) is 2. The van der Waals surface area contributed by atoms with Gasteiger partial charge in [-0.2, -0.15) is 0 Å². The van der Waals surface area contributed by atoms with Gasteiger partial charge in [0.15, 0.2) is 0 Å². The van der Waals surface area contributed by atoms with E-state index in [0.29, 0.717) is 18.4 Å². The Balaban J connectivity index is 3.10. The second-order valence-corrected chi connectivity index (χ2v) is 6.44. The molecule has 1 aromatic rings. The van der Waals surface area contributed by atoms with Crippen LogP contribution in [0, 0.1) is 11.6 Å². The Morgan fingerprint density at radius 1 is 1.12 bits per heavy atom. The van der Waals surface area contributed by atoms with E-state index in [1.165, 1.54) is 12.1 Å². The highest BCUT2D eigenvalue weighted by molar-refractivity contribution is 6.80. The minimum Gasteiger partial charge on any atom is -0.391 e. The second-order valence-electron chi connectivity index (χ2n) is 3.44. The van der Waals surface area contributed by atoms with E-state index in [0.717, 1.165) is 6.07 Å². The summed E-state index contributed by atoms with van der Waals surface area (Å²) in [6.07, 6.45) is 0. The standard InChI is InChI=1S/C11H16F2O2Si/c1-4-14-16(3,15-5-2)11-7-6-9(12)8-10(11)13/h6-8H,4-5H2,1-3H3. The summed E-state index contributed by atoms with van der Waals surface area (Å²) in [7, 11) is -2.73. The molecule has 1 rings (SSSR count). The van der Waals surface area contributed by atoms with Crippen molar-refractivity contribution in [3.63, 3.8) is 0 Å². The largest absolute Gasteiger partial charge is 0.391 e. The van der Waals surface area contributed by atoms with Crippen molar-refractivity contribution < 1.29 is 17.6 Å². The quantitative estimate of drug-likeness (QED) is 0.742. The lowest BCUT2D eigenvalue weighted by Gasteiger charge is -2.26. The molecule has 2 nitrogen and oxygen atoms in total. The lowest BCUT2D eigenvalue weighted by atomic mass is 10.3. The molecule has 0 N–H and O–H groups in total. The zero-order chi connectivity index (χ0) is 12.2. The zero-order valence-corrected chi connectivity index (χ0v) is 10.7. The van der Waals surface area contributed by atoms with Crippen molar-refractivity contribution >= 4 is 13.7 Å². The third-order valence-electron chi connectivity index (χ3n) is 2.26. The van der Waals surface area contributed by atoms with Crippen LogP contribution in [-0.4, -0.2) is 21.8 Å². The van der Waals surface area contributed by atoms with Crippen LogP contribution in [0.2, 0.25) is 6.55 Å². The summed E-state index contributed by atoms with van der Waals surface area (Å²) in [6, 6.07) is 3.49. The monoisotopic (exact) mass is 246 g/mol. The molecular weight excluding hydrogens is 230 g/mol. The van der Waals surface area contributed by atoms with Gasteiger partial charge in [-0.05, 0) is 26.5 Å². The lowest BCUT2D eigenvalue weighted by molar-refractivity contribution is 0.201. The van der Waals surface area contributed by atoms with E-state index >= 15 is 0 Å². The Morgan fingerprint density at radius 3 is 2.12 bits per heavy atom. The fraction of sp³-hybridized carbons (Fsp3) is 0.455. The predicted molar refractivity (Wildman–Crippen MR) is 60.9 cm³/mol. The van der Waals surface area contributed by atoms with Gasteiger partial charge in [-0.1, -0.05) is 6.07 Å². The highest BCUT2D eigenvalue weighted by Crippen LogP contribution is 2.11. The van der Waals surface area contributed by atoms with Gasteiger partial charge in [-0.3, -0.25) is 0 Å². The molecule has 0 spiro atoms. The van der Waals surface area contributed by atoms with Gasteiger partial charge in [-0.15, -0.1) is 0 Å². The average molecular weight is 246 g/mol. The van der Waals surface area contributed by atoms with E-state index in [-0.39, 0.29) is 0 Å². The molecule has 90 valence electrons. The van der Waals surface area contributed by atoms with Crippen LogP contribution in [0.3, 0.4) is 0 Å². The summed E-state index contributed by atoms with van der Waals surface area (Å²) in [5.74, 6) is -1.19. The topological polar surface area (TPSA) is 18.5 Å². The smallest absolute Gasteiger partial charge is 0.372 e. The van der Waals surface area contributed by atoms with Crippen LogP contribution >= 0.6 is 0 Å². The van der Waals surface area contributed by atoms with Gasteiger partial charge in [0.2, 0.25) is 0 Å². The van der Waals surface area contributed by atoms with Crippen LogP contribution in [0.5, 0.6) is 0 Å². The third-order valence-corrected chi connectivity index (χ3v) is 5.32. The first-order valence-corrected chi connectivity index (χ1v) is 7.58. The summed E-state index contributed by atoms with van der Waals surface area (Å²) in [6.45, 7) is 6.30. The predicted octanol–water partition coefficient (Wildman–Crippen LogP) is 2.32. The van der Waals surface area contributed by atoms with E-state index in [2.05, 4.69) is 0 Å². The first-order valence-electron chi connectivity index (χ1n) is 5.27. The van der Waals surface area contributed by atoms with Crippen molar-refractivity contribution in [3.8, 4) is 0 Å². The molecule has 0 aliphatic carbocycles. The van der Waals surface area contributed by atoms with E-state index in [4.69, 9.17) is 8.85 Å². The van der Waals surface area contributed by atoms with Crippen LogP contribution < -0.4 is 5.19 Å². The van der Waals surface area contributed by atoms with E-state index in [1.807, 2.05) is 13.8 Å². The number of hydrogen-bond donors (Lipinski definition) is 0. The van der Waals surface area contributed by atoms with Gasteiger partial charge in [0.25, 0.3) is 0 Å². The Bertz CT molecular complexity index is 352. The first kappa shape index (κ1) is 13.3. The second kappa shape index (κ2) is 5.52. The van der Waals surface area contributed by atoms with Gasteiger partial charge in [-0.25, -0.2) is 8.78 Å². The Hall–Kier alpha value is -0.783. The molecule has 0 aliphatic heterocycles.